The van der Waals surface area contributed by atoms with Crippen molar-refractivity contribution in [1.82, 2.24) is 0 Å². The smallest absolute Gasteiger partial charge is 0.147 e. The van der Waals surface area contributed by atoms with E-state index in [-0.39, 0.29) is 17.6 Å². The molecule has 1 saturated heterocycles. The van der Waals surface area contributed by atoms with Gasteiger partial charge in [0.2, 0.25) is 0 Å². The van der Waals surface area contributed by atoms with Crippen LogP contribution >= 0.6 is 0 Å². The molecule has 3 heteroatoms. The minimum Gasteiger partial charge on any atom is -0.393 e. The van der Waals surface area contributed by atoms with E-state index in [0.717, 1.165) is 30.8 Å². The van der Waals surface area contributed by atoms with Crippen LogP contribution in [-0.4, -0.2) is 30.7 Å². The van der Waals surface area contributed by atoms with Gasteiger partial charge in [0.15, 0.2) is 0 Å². The summed E-state index contributed by atoms with van der Waals surface area (Å²) in [6.45, 7) is 6.25. The lowest BCUT2D eigenvalue weighted by molar-refractivity contribution is -0.174. The van der Waals surface area contributed by atoms with E-state index in [4.69, 9.17) is 9.47 Å². The monoisotopic (exact) mass is 348 g/mol. The van der Waals surface area contributed by atoms with Crippen molar-refractivity contribution in [3.63, 3.8) is 0 Å². The molecule has 0 amide bonds. The first-order valence-corrected chi connectivity index (χ1v) is 10.9. The van der Waals surface area contributed by atoms with Gasteiger partial charge in [0, 0.05) is 0 Å². The van der Waals surface area contributed by atoms with Crippen molar-refractivity contribution in [3.8, 4) is 0 Å². The van der Waals surface area contributed by atoms with Crippen molar-refractivity contribution in [3.05, 3.63) is 0 Å². The van der Waals surface area contributed by atoms with Gasteiger partial charge in [-0.1, -0.05) is 26.7 Å². The minimum absolute atomic E-state index is 0.111. The quantitative estimate of drug-likeness (QED) is 0.764. The Labute approximate surface area is 152 Å². The highest BCUT2D eigenvalue weighted by atomic mass is 16.7. The van der Waals surface area contributed by atoms with Gasteiger partial charge < -0.3 is 14.6 Å². The van der Waals surface area contributed by atoms with Crippen LogP contribution in [0, 0.1) is 40.4 Å². The first kappa shape index (κ1) is 17.0. The lowest BCUT2D eigenvalue weighted by Crippen LogP contribution is -2.58. The lowest BCUT2D eigenvalue weighted by atomic mass is 9.44. The molecule has 4 saturated carbocycles. The molecule has 25 heavy (non-hydrogen) atoms. The molecule has 0 bridgehead atoms. The number of hydrogen-bond acceptors (Lipinski definition) is 3. The van der Waals surface area contributed by atoms with Crippen molar-refractivity contribution >= 4 is 0 Å². The van der Waals surface area contributed by atoms with Crippen molar-refractivity contribution in [2.75, 3.05) is 13.4 Å². The molecule has 4 aliphatic carbocycles. The molecule has 5 rings (SSSR count). The van der Waals surface area contributed by atoms with E-state index in [1.165, 1.54) is 51.4 Å². The zero-order valence-corrected chi connectivity index (χ0v) is 16.1. The fourth-order valence-corrected chi connectivity index (χ4v) is 8.65. The van der Waals surface area contributed by atoms with Gasteiger partial charge in [-0.25, -0.2) is 0 Å². The highest BCUT2D eigenvalue weighted by Gasteiger charge is 2.63. The second-order valence-corrected chi connectivity index (χ2v) is 10.5. The Hall–Kier alpha value is -0.120. The Morgan fingerprint density at radius 1 is 0.920 bits per heavy atom. The summed E-state index contributed by atoms with van der Waals surface area (Å²) < 4.78 is 11.5. The van der Waals surface area contributed by atoms with Crippen LogP contribution in [0.15, 0.2) is 0 Å². The summed E-state index contributed by atoms with van der Waals surface area (Å²) in [6.07, 6.45) is 12.1. The molecule has 9 atom stereocenters. The third-order valence-corrected chi connectivity index (χ3v) is 9.68. The number of aliphatic hydroxyl groups excluding tert-OH is 1. The van der Waals surface area contributed by atoms with E-state index >= 15 is 0 Å². The molecular weight excluding hydrogens is 312 g/mol. The normalized spacial score (nSPS) is 58.4. The SMILES string of the molecule is C[C@]12CCCC[C@@H]1CC[C@@H]1[C@@H]2[C@@H](O)C[C@]2(C)[C@@H](C3COCO3)CC[C@@H]12. The van der Waals surface area contributed by atoms with Gasteiger partial charge in [0.05, 0.1) is 18.8 Å². The van der Waals surface area contributed by atoms with Crippen molar-refractivity contribution < 1.29 is 14.6 Å². The van der Waals surface area contributed by atoms with Crippen LogP contribution in [-0.2, 0) is 9.47 Å². The number of hydrogen-bond donors (Lipinski definition) is 1. The van der Waals surface area contributed by atoms with Crippen LogP contribution < -0.4 is 0 Å². The Kier molecular flexibility index (Phi) is 4.04. The summed E-state index contributed by atoms with van der Waals surface area (Å²) >= 11 is 0. The van der Waals surface area contributed by atoms with E-state index in [1.54, 1.807) is 0 Å². The molecule has 3 nitrogen and oxygen atoms in total. The molecule has 1 aliphatic heterocycles. The first-order valence-electron chi connectivity index (χ1n) is 10.9. The van der Waals surface area contributed by atoms with Crippen molar-refractivity contribution in [2.45, 2.75) is 83.8 Å². The molecule has 0 aromatic carbocycles. The summed E-state index contributed by atoms with van der Waals surface area (Å²) in [7, 11) is 0. The molecule has 5 aliphatic rings. The second kappa shape index (κ2) is 5.94. The van der Waals surface area contributed by atoms with Crippen molar-refractivity contribution in [2.24, 2.45) is 40.4 Å². The van der Waals surface area contributed by atoms with Gasteiger partial charge in [0.25, 0.3) is 0 Å². The molecule has 1 N–H and O–H groups in total. The van der Waals surface area contributed by atoms with Gasteiger partial charge in [0.1, 0.15) is 6.79 Å². The Morgan fingerprint density at radius 2 is 1.76 bits per heavy atom. The maximum absolute atomic E-state index is 11.4. The first-order chi connectivity index (χ1) is 12.0. The average molecular weight is 349 g/mol. The van der Waals surface area contributed by atoms with Crippen LogP contribution in [0.1, 0.15) is 71.6 Å². The maximum Gasteiger partial charge on any atom is 0.147 e. The van der Waals surface area contributed by atoms with E-state index in [0.29, 0.717) is 24.0 Å². The van der Waals surface area contributed by atoms with Crippen LogP contribution in [0.4, 0.5) is 0 Å². The number of aliphatic hydroxyl groups is 1. The summed E-state index contributed by atoms with van der Waals surface area (Å²) in [5, 5.41) is 11.4. The van der Waals surface area contributed by atoms with Gasteiger partial charge in [-0.3, -0.25) is 0 Å². The third kappa shape index (κ3) is 2.34. The average Bonchev–Trinajstić information content (AvgIpc) is 3.20. The van der Waals surface area contributed by atoms with E-state index in [9.17, 15) is 5.11 Å². The molecular formula is C22H36O3. The summed E-state index contributed by atoms with van der Waals surface area (Å²) in [5.74, 6) is 3.51. The van der Waals surface area contributed by atoms with Crippen molar-refractivity contribution in [1.29, 1.82) is 0 Å². The number of rotatable bonds is 1. The predicted octanol–water partition coefficient (Wildman–Crippen LogP) is 4.38. The number of fused-ring (bicyclic) bond motifs is 5. The molecule has 0 radical (unpaired) electrons. The van der Waals surface area contributed by atoms with Gasteiger partial charge in [-0.05, 0) is 85.4 Å². The zero-order valence-electron chi connectivity index (χ0n) is 16.1. The van der Waals surface area contributed by atoms with E-state index in [2.05, 4.69) is 13.8 Å². The van der Waals surface area contributed by atoms with Crippen LogP contribution in [0.3, 0.4) is 0 Å². The largest absolute Gasteiger partial charge is 0.393 e. The van der Waals surface area contributed by atoms with Crippen LogP contribution in [0.25, 0.3) is 0 Å². The van der Waals surface area contributed by atoms with Gasteiger partial charge in [-0.2, -0.15) is 0 Å². The molecule has 142 valence electrons. The van der Waals surface area contributed by atoms with Crippen LogP contribution in [0.2, 0.25) is 0 Å². The standard InChI is InChI=1S/C22H36O3/c1-21-10-4-3-5-14(21)6-7-15-16-8-9-17(19-12-24-13-25-19)22(16,2)11-18(23)20(15)21/h14-20,23H,3-13H2,1-2H3/t14-,15+,16+,17-,18+,19?,20-,21+,22+/m1/s1. The molecule has 0 spiro atoms. The Morgan fingerprint density at radius 3 is 2.56 bits per heavy atom. The van der Waals surface area contributed by atoms with Gasteiger partial charge in [-0.15, -0.1) is 0 Å². The third-order valence-electron chi connectivity index (χ3n) is 9.68. The number of ether oxygens (including phenoxy) is 2. The molecule has 0 aromatic rings. The molecule has 1 heterocycles. The second-order valence-electron chi connectivity index (χ2n) is 10.5. The van der Waals surface area contributed by atoms with E-state index in [1.807, 2.05) is 0 Å². The lowest BCUT2D eigenvalue weighted by Gasteiger charge is -2.62. The fraction of sp³-hybridized carbons (Fsp3) is 1.00. The predicted molar refractivity (Wildman–Crippen MR) is 96.9 cm³/mol. The summed E-state index contributed by atoms with van der Waals surface area (Å²) in [6, 6.07) is 0. The van der Waals surface area contributed by atoms with E-state index < -0.39 is 0 Å². The molecule has 0 aromatic heterocycles. The summed E-state index contributed by atoms with van der Waals surface area (Å²) in [5.41, 5.74) is 0.643. The van der Waals surface area contributed by atoms with Crippen LogP contribution in [0.5, 0.6) is 0 Å². The summed E-state index contributed by atoms with van der Waals surface area (Å²) in [4.78, 5) is 0. The highest BCUT2D eigenvalue weighted by molar-refractivity contribution is 5.12. The fourth-order valence-electron chi connectivity index (χ4n) is 8.65. The minimum atomic E-state index is -0.111. The Bertz CT molecular complexity index is 515. The maximum atomic E-state index is 11.4. The zero-order chi connectivity index (χ0) is 17.2. The molecule has 5 fully saturated rings. The molecule has 1 unspecified atom stereocenters. The topological polar surface area (TPSA) is 38.7 Å². The Balaban J connectivity index is 1.45. The highest BCUT2D eigenvalue weighted by Crippen LogP contribution is 2.68. The van der Waals surface area contributed by atoms with Gasteiger partial charge >= 0.3 is 0 Å².